The van der Waals surface area contributed by atoms with Gasteiger partial charge >= 0.3 is 5.97 Å². The van der Waals surface area contributed by atoms with Gasteiger partial charge < -0.3 is 29.5 Å². The Hall–Kier alpha value is -8.09. The van der Waals surface area contributed by atoms with Crippen LogP contribution in [0.2, 0.25) is 0 Å². The van der Waals surface area contributed by atoms with Crippen LogP contribution in [-0.4, -0.2) is 62.6 Å². The molecule has 0 aliphatic heterocycles. The summed E-state index contributed by atoms with van der Waals surface area (Å²) in [5.74, 6) is -1.11. The highest BCUT2D eigenvalue weighted by Crippen LogP contribution is 2.28. The second-order valence-electron chi connectivity index (χ2n) is 13.0. The van der Waals surface area contributed by atoms with Crippen molar-refractivity contribution in [2.24, 2.45) is 0 Å². The molecule has 5 heterocycles. The molecule has 9 rings (SSSR count). The van der Waals surface area contributed by atoms with Crippen LogP contribution in [0.1, 0.15) is 55.3 Å². The number of carbonyl (C=O) groups excluding carboxylic acids is 2. The molecule has 0 unspecified atom stereocenters. The molecule has 61 heavy (non-hydrogen) atoms. The number of aliphatic hydroxyl groups is 1. The van der Waals surface area contributed by atoms with Crippen LogP contribution in [0.3, 0.4) is 0 Å². The lowest BCUT2D eigenvalue weighted by Gasteiger charge is -2.10. The Bertz CT molecular complexity index is 2730. The molecule has 6 N–H and O–H groups in total. The first-order valence-electron chi connectivity index (χ1n) is 18.3. The van der Waals surface area contributed by atoms with Gasteiger partial charge in [0.25, 0.3) is 11.8 Å². The Balaban J connectivity index is 0.000000170. The summed E-state index contributed by atoms with van der Waals surface area (Å²) >= 11 is 0. The van der Waals surface area contributed by atoms with Gasteiger partial charge in [-0.3, -0.25) is 29.4 Å². The van der Waals surface area contributed by atoms with Gasteiger partial charge in [-0.1, -0.05) is 52.7 Å². The summed E-state index contributed by atoms with van der Waals surface area (Å²) in [7, 11) is 0. The van der Waals surface area contributed by atoms with E-state index in [1.807, 2.05) is 60.0 Å². The zero-order valence-corrected chi connectivity index (χ0v) is 33.2. The Morgan fingerprint density at radius 3 is 1.59 bits per heavy atom. The number of nitrogens with one attached hydrogen (secondary N) is 2. The maximum atomic E-state index is 12.4. The van der Waals surface area contributed by atoms with Crippen LogP contribution in [0.5, 0.6) is 0 Å². The standard InChI is InChI=1S/C20H18N4O2.C18H15N5O3.C4H3NO3.ClH/c1-3-14-7-8-17-16(12-14)22-20(23-19(25)18-9-10-21-26-18)24(17)15-6-4-5-13(2)11-15;19-12-2-1-3-13(9-12)23-15-5-4-11(10-24)8-14(15)21-18(23)22-17(25)16-6-7-20-26-16;6-4(7)3-1-2-5-8-3;/h4-12H,3H2,1-2H3,(H,22,23,25);1-9,24H,10,19H2,(H,21,22,25);1-2H,(H,6,7);1H. The molecule has 2 amide bonds. The van der Waals surface area contributed by atoms with E-state index in [1.54, 1.807) is 28.8 Å². The van der Waals surface area contributed by atoms with Crippen molar-refractivity contribution in [3.05, 3.63) is 156 Å². The molecule has 0 fully saturated rings. The number of anilines is 3. The predicted molar refractivity (Wildman–Crippen MR) is 226 cm³/mol. The number of hydrogen-bond donors (Lipinski definition) is 5. The smallest absolute Gasteiger partial charge is 0.374 e. The number of hydrogen-bond acceptors (Lipinski definition) is 13. The van der Waals surface area contributed by atoms with Crippen molar-refractivity contribution in [3.8, 4) is 11.4 Å². The number of imidazole rings is 2. The number of carboxylic acid groups (broad SMARTS) is 1. The number of carboxylic acids is 1. The first-order chi connectivity index (χ1) is 29.1. The van der Waals surface area contributed by atoms with Gasteiger partial charge in [0.2, 0.25) is 29.2 Å². The van der Waals surface area contributed by atoms with Crippen LogP contribution in [0.15, 0.2) is 135 Å². The minimum atomic E-state index is -1.09. The molecule has 18 nitrogen and oxygen atoms in total. The van der Waals surface area contributed by atoms with E-state index in [0.29, 0.717) is 23.1 Å². The summed E-state index contributed by atoms with van der Waals surface area (Å²) in [5.41, 5.74) is 14.4. The fraction of sp³-hybridized carbons (Fsp3) is 0.0952. The summed E-state index contributed by atoms with van der Waals surface area (Å²) in [6.45, 7) is 4.04. The van der Waals surface area contributed by atoms with Crippen LogP contribution >= 0.6 is 12.4 Å². The van der Waals surface area contributed by atoms with Gasteiger partial charge in [0.05, 0.1) is 53.0 Å². The Morgan fingerprint density at radius 1 is 0.656 bits per heavy atom. The third kappa shape index (κ3) is 9.79. The molecule has 0 radical (unpaired) electrons. The number of nitrogens with two attached hydrogens (primary N) is 1. The zero-order chi connectivity index (χ0) is 42.2. The van der Waals surface area contributed by atoms with Crippen molar-refractivity contribution in [2.75, 3.05) is 16.4 Å². The van der Waals surface area contributed by atoms with Crippen LogP contribution in [0.25, 0.3) is 33.4 Å². The average Bonchev–Trinajstić information content (AvgIpc) is 4.11. The Morgan fingerprint density at radius 2 is 1.15 bits per heavy atom. The monoisotopic (exact) mass is 844 g/mol. The molecular weight excluding hydrogens is 808 g/mol. The van der Waals surface area contributed by atoms with Crippen LogP contribution in [0, 0.1) is 6.92 Å². The maximum absolute atomic E-state index is 12.4. The van der Waals surface area contributed by atoms with Crippen molar-refractivity contribution >= 4 is 69.8 Å². The number of fused-ring (bicyclic) bond motifs is 2. The summed E-state index contributed by atoms with van der Waals surface area (Å²) in [5, 5.41) is 33.4. The molecule has 5 aromatic heterocycles. The lowest BCUT2D eigenvalue weighted by Crippen LogP contribution is -2.15. The van der Waals surface area contributed by atoms with E-state index >= 15 is 0 Å². The molecule has 0 bridgehead atoms. The molecular formula is C42H37ClN10O8. The molecule has 0 aliphatic rings. The first-order valence-corrected chi connectivity index (χ1v) is 18.3. The van der Waals surface area contributed by atoms with Gasteiger partial charge in [0.1, 0.15) is 0 Å². The highest BCUT2D eigenvalue weighted by molar-refractivity contribution is 6.03. The zero-order valence-electron chi connectivity index (χ0n) is 32.4. The molecule has 310 valence electrons. The van der Waals surface area contributed by atoms with Crippen molar-refractivity contribution < 1.29 is 38.2 Å². The molecule has 0 aliphatic carbocycles. The maximum Gasteiger partial charge on any atom is 0.374 e. The number of aliphatic hydroxyl groups excluding tert-OH is 1. The van der Waals surface area contributed by atoms with Gasteiger partial charge in [-0.05, 0) is 84.6 Å². The number of nitrogens with zero attached hydrogens (tertiary/aromatic N) is 7. The Labute approximate surface area is 352 Å². The van der Waals surface area contributed by atoms with E-state index in [2.05, 4.69) is 59.7 Å². The second kappa shape index (κ2) is 19.1. The highest BCUT2D eigenvalue weighted by atomic mass is 35.5. The average molecular weight is 845 g/mol. The number of amides is 2. The topological polar surface area (TPSA) is 255 Å². The van der Waals surface area contributed by atoms with Gasteiger partial charge in [0.15, 0.2) is 0 Å². The largest absolute Gasteiger partial charge is 0.475 e. The Kier molecular flexibility index (Phi) is 13.3. The summed E-state index contributed by atoms with van der Waals surface area (Å²) in [6, 6.07) is 31.1. The highest BCUT2D eigenvalue weighted by Gasteiger charge is 2.20. The van der Waals surface area contributed by atoms with Crippen molar-refractivity contribution in [3.63, 3.8) is 0 Å². The first kappa shape index (κ1) is 42.5. The minimum absolute atomic E-state index is 0. The summed E-state index contributed by atoms with van der Waals surface area (Å²) in [4.78, 5) is 43.9. The van der Waals surface area contributed by atoms with Crippen molar-refractivity contribution in [2.45, 2.75) is 26.9 Å². The number of aromatic nitrogens is 7. The van der Waals surface area contributed by atoms with E-state index in [9.17, 15) is 19.5 Å². The second-order valence-corrected chi connectivity index (χ2v) is 13.0. The lowest BCUT2D eigenvalue weighted by molar-refractivity contribution is 0.0651. The number of aromatic carboxylic acids is 1. The number of benzene rings is 4. The minimum Gasteiger partial charge on any atom is -0.475 e. The van der Waals surface area contributed by atoms with Crippen LogP contribution in [0.4, 0.5) is 17.6 Å². The number of aryl methyl sites for hydroxylation is 2. The van der Waals surface area contributed by atoms with E-state index in [4.69, 9.17) is 19.9 Å². The SMILES string of the molecule is CCc1ccc2c(c1)nc(NC(=O)c1ccno1)n2-c1cccc(C)c1.Cl.Nc1cccc(-n2c(NC(=O)c3ccno3)nc3cc(CO)ccc32)c1.O=C(O)c1ccno1. The normalized spacial score (nSPS) is 10.5. The molecule has 0 saturated carbocycles. The van der Waals surface area contributed by atoms with E-state index < -0.39 is 11.9 Å². The fourth-order valence-electron chi connectivity index (χ4n) is 6.01. The number of nitrogen functional groups attached to an aromatic ring is 1. The van der Waals surface area contributed by atoms with Crippen LogP contribution in [-0.2, 0) is 13.0 Å². The quantitative estimate of drug-likeness (QED) is 0.0896. The summed E-state index contributed by atoms with van der Waals surface area (Å²) < 4.78 is 17.8. The molecule has 0 spiro atoms. The number of rotatable bonds is 9. The van der Waals surface area contributed by atoms with E-state index in [-0.39, 0.29) is 42.2 Å². The van der Waals surface area contributed by atoms with Gasteiger partial charge in [-0.15, -0.1) is 12.4 Å². The number of carbonyl (C=O) groups is 3. The van der Waals surface area contributed by atoms with Gasteiger partial charge in [-0.2, -0.15) is 0 Å². The fourth-order valence-corrected chi connectivity index (χ4v) is 6.01. The van der Waals surface area contributed by atoms with Gasteiger partial charge in [0, 0.05) is 29.6 Å². The molecule has 0 saturated heterocycles. The molecule has 0 atom stereocenters. The van der Waals surface area contributed by atoms with Crippen molar-refractivity contribution in [1.29, 1.82) is 0 Å². The van der Waals surface area contributed by atoms with Crippen molar-refractivity contribution in [1.82, 2.24) is 34.6 Å². The molecule has 4 aromatic carbocycles. The van der Waals surface area contributed by atoms with Crippen LogP contribution < -0.4 is 16.4 Å². The third-order valence-electron chi connectivity index (χ3n) is 8.84. The van der Waals surface area contributed by atoms with E-state index in [0.717, 1.165) is 45.5 Å². The number of halogens is 1. The third-order valence-corrected chi connectivity index (χ3v) is 8.84. The summed E-state index contributed by atoms with van der Waals surface area (Å²) in [6.07, 6.45) is 5.03. The molecule has 19 heteroatoms. The van der Waals surface area contributed by atoms with E-state index in [1.165, 1.54) is 42.4 Å². The lowest BCUT2D eigenvalue weighted by atomic mass is 10.1. The molecule has 9 aromatic rings. The predicted octanol–water partition coefficient (Wildman–Crippen LogP) is 7.27. The van der Waals surface area contributed by atoms with Gasteiger partial charge in [-0.25, -0.2) is 14.8 Å².